The third-order valence-corrected chi connectivity index (χ3v) is 4.12. The predicted molar refractivity (Wildman–Crippen MR) is 72.6 cm³/mol. The van der Waals surface area contributed by atoms with Gasteiger partial charge >= 0.3 is 0 Å². The maximum atomic E-state index is 14.4. The van der Waals surface area contributed by atoms with E-state index in [2.05, 4.69) is 4.99 Å². The van der Waals surface area contributed by atoms with Crippen molar-refractivity contribution in [1.82, 2.24) is 0 Å². The van der Waals surface area contributed by atoms with Crippen molar-refractivity contribution in [3.63, 3.8) is 0 Å². The lowest BCUT2D eigenvalue weighted by molar-refractivity contribution is 0.239. The molecule has 0 radical (unpaired) electrons. The van der Waals surface area contributed by atoms with Crippen molar-refractivity contribution in [3.8, 4) is 11.5 Å². The van der Waals surface area contributed by atoms with Crippen LogP contribution in [0.15, 0.2) is 4.99 Å². The van der Waals surface area contributed by atoms with Gasteiger partial charge in [-0.25, -0.2) is 9.18 Å². The third kappa shape index (κ3) is 1.90. The average molecular weight is 279 g/mol. The van der Waals surface area contributed by atoms with Crippen molar-refractivity contribution >= 4 is 6.08 Å². The Morgan fingerprint density at radius 2 is 1.75 bits per heavy atom. The second-order valence-electron chi connectivity index (χ2n) is 5.09. The molecule has 0 atom stereocenters. The first-order valence-corrected chi connectivity index (χ1v) is 6.52. The van der Waals surface area contributed by atoms with Crippen LogP contribution in [-0.2, 0) is 10.3 Å². The van der Waals surface area contributed by atoms with E-state index in [-0.39, 0.29) is 5.82 Å². The van der Waals surface area contributed by atoms with Crippen molar-refractivity contribution in [1.29, 1.82) is 0 Å². The molecular weight excluding hydrogens is 261 g/mol. The van der Waals surface area contributed by atoms with Gasteiger partial charge in [-0.05, 0) is 38.7 Å². The molecule has 0 aromatic heterocycles. The van der Waals surface area contributed by atoms with Crippen molar-refractivity contribution in [2.24, 2.45) is 4.99 Å². The van der Waals surface area contributed by atoms with Crippen molar-refractivity contribution in [2.45, 2.75) is 38.6 Å². The second kappa shape index (κ2) is 5.25. The Morgan fingerprint density at radius 1 is 1.15 bits per heavy atom. The first kappa shape index (κ1) is 14.5. The molecule has 108 valence electrons. The second-order valence-corrected chi connectivity index (χ2v) is 5.09. The largest absolute Gasteiger partial charge is 0.492 e. The fourth-order valence-corrected chi connectivity index (χ4v) is 2.96. The molecule has 1 aliphatic rings. The molecule has 1 aromatic carbocycles. The summed E-state index contributed by atoms with van der Waals surface area (Å²) in [6.45, 7) is 3.32. The zero-order valence-corrected chi connectivity index (χ0v) is 12.2. The van der Waals surface area contributed by atoms with Crippen LogP contribution in [0.4, 0.5) is 4.39 Å². The smallest absolute Gasteiger partial charge is 0.235 e. The zero-order chi connectivity index (χ0) is 14.9. The number of hydrogen-bond acceptors (Lipinski definition) is 4. The fraction of sp³-hybridized carbons (Fsp3) is 0.533. The highest BCUT2D eigenvalue weighted by Crippen LogP contribution is 2.53. The van der Waals surface area contributed by atoms with E-state index >= 15 is 0 Å². The summed E-state index contributed by atoms with van der Waals surface area (Å²) in [6, 6.07) is 0. The van der Waals surface area contributed by atoms with Crippen LogP contribution in [-0.4, -0.2) is 20.3 Å². The van der Waals surface area contributed by atoms with E-state index in [1.54, 1.807) is 19.9 Å². The van der Waals surface area contributed by atoms with Gasteiger partial charge < -0.3 is 9.47 Å². The Kier molecular flexibility index (Phi) is 3.82. The van der Waals surface area contributed by atoms with Crippen molar-refractivity contribution < 1.29 is 18.7 Å². The van der Waals surface area contributed by atoms with Gasteiger partial charge in [0.2, 0.25) is 6.08 Å². The van der Waals surface area contributed by atoms with E-state index < -0.39 is 5.54 Å². The Balaban J connectivity index is 2.81. The lowest BCUT2D eigenvalue weighted by Crippen LogP contribution is -2.33. The lowest BCUT2D eigenvalue weighted by atomic mass is 9.70. The fourth-order valence-electron chi connectivity index (χ4n) is 2.96. The summed E-state index contributed by atoms with van der Waals surface area (Å²) in [5.41, 5.74) is 0.738. The van der Waals surface area contributed by atoms with Gasteiger partial charge in [0.1, 0.15) is 11.4 Å². The Morgan fingerprint density at radius 3 is 2.15 bits per heavy atom. The molecule has 1 saturated carbocycles. The van der Waals surface area contributed by atoms with Gasteiger partial charge in [-0.2, -0.15) is 4.99 Å². The molecule has 0 aliphatic heterocycles. The monoisotopic (exact) mass is 279 g/mol. The summed E-state index contributed by atoms with van der Waals surface area (Å²) in [7, 11) is 2.98. The van der Waals surface area contributed by atoms with E-state index in [1.165, 1.54) is 14.2 Å². The third-order valence-electron chi connectivity index (χ3n) is 4.12. The minimum absolute atomic E-state index is 0.343. The standard InChI is InChI=1S/C15H18FNO3/c1-9-11(15(17-8-18)6-5-7-15)14(20-4)13(19-3)10(2)12(9)16/h5-7H2,1-4H3. The number of benzene rings is 1. The van der Waals surface area contributed by atoms with Crippen molar-refractivity contribution in [2.75, 3.05) is 14.2 Å². The molecule has 0 bridgehead atoms. The first-order valence-electron chi connectivity index (χ1n) is 6.52. The van der Waals surface area contributed by atoms with Gasteiger partial charge in [-0.1, -0.05) is 0 Å². The summed E-state index contributed by atoms with van der Waals surface area (Å²) in [4.78, 5) is 14.7. The van der Waals surface area contributed by atoms with E-state index in [0.717, 1.165) is 6.42 Å². The normalized spacial score (nSPS) is 16.1. The SMILES string of the molecule is COc1c(C)c(F)c(C)c(C2(N=C=O)CCC2)c1OC. The quantitative estimate of drug-likeness (QED) is 0.628. The number of isocyanates is 1. The zero-order valence-electron chi connectivity index (χ0n) is 12.2. The van der Waals surface area contributed by atoms with Crippen LogP contribution in [0.1, 0.15) is 36.0 Å². The molecular formula is C15H18FNO3. The van der Waals surface area contributed by atoms with Gasteiger partial charge in [0.05, 0.1) is 14.2 Å². The summed E-state index contributed by atoms with van der Waals surface area (Å²) in [5.74, 6) is 0.477. The van der Waals surface area contributed by atoms with Crippen LogP contribution in [0.25, 0.3) is 0 Å². The number of hydrogen-bond donors (Lipinski definition) is 0. The van der Waals surface area contributed by atoms with Crippen LogP contribution in [0.2, 0.25) is 0 Å². The minimum Gasteiger partial charge on any atom is -0.492 e. The highest BCUT2D eigenvalue weighted by Gasteiger charge is 2.44. The van der Waals surface area contributed by atoms with Gasteiger partial charge in [-0.3, -0.25) is 0 Å². The lowest BCUT2D eigenvalue weighted by Gasteiger charge is -2.39. The molecule has 5 heteroatoms. The molecule has 20 heavy (non-hydrogen) atoms. The summed E-state index contributed by atoms with van der Waals surface area (Å²) >= 11 is 0. The number of halogens is 1. The average Bonchev–Trinajstić information content (AvgIpc) is 2.40. The Hall–Kier alpha value is -1.87. The number of methoxy groups -OCH3 is 2. The van der Waals surface area contributed by atoms with E-state index in [4.69, 9.17) is 9.47 Å². The van der Waals surface area contributed by atoms with Gasteiger partial charge in [0, 0.05) is 11.1 Å². The molecule has 1 aliphatic carbocycles. The van der Waals surface area contributed by atoms with Crippen molar-refractivity contribution in [3.05, 3.63) is 22.5 Å². The van der Waals surface area contributed by atoms with Gasteiger partial charge in [0.15, 0.2) is 11.5 Å². The maximum absolute atomic E-state index is 14.4. The number of aliphatic imine (C=N–C) groups is 1. The Labute approximate surface area is 117 Å². The molecule has 1 fully saturated rings. The van der Waals surface area contributed by atoms with Crippen LogP contribution < -0.4 is 9.47 Å². The highest BCUT2D eigenvalue weighted by atomic mass is 19.1. The Bertz CT molecular complexity index is 588. The molecule has 0 amide bonds. The predicted octanol–water partition coefficient (Wildman–Crippen LogP) is 3.17. The summed E-state index contributed by atoms with van der Waals surface area (Å²) in [5, 5.41) is 0. The van der Waals surface area contributed by atoms with E-state index in [0.29, 0.717) is 41.0 Å². The minimum atomic E-state index is -0.723. The number of ether oxygens (including phenoxy) is 2. The summed E-state index contributed by atoms with van der Waals surface area (Å²) in [6.07, 6.45) is 3.92. The molecule has 0 N–H and O–H groups in total. The molecule has 0 unspecified atom stereocenters. The van der Waals surface area contributed by atoms with Crippen LogP contribution >= 0.6 is 0 Å². The van der Waals surface area contributed by atoms with Gasteiger partial charge in [0.25, 0.3) is 0 Å². The number of carbonyl (C=O) groups excluding carboxylic acids is 1. The molecule has 0 spiro atoms. The number of rotatable bonds is 4. The number of nitrogens with zero attached hydrogens (tertiary/aromatic N) is 1. The maximum Gasteiger partial charge on any atom is 0.235 e. The van der Waals surface area contributed by atoms with Gasteiger partial charge in [-0.15, -0.1) is 0 Å². The topological polar surface area (TPSA) is 47.9 Å². The summed E-state index contributed by atoms with van der Waals surface area (Å²) < 4.78 is 25.1. The molecule has 4 nitrogen and oxygen atoms in total. The molecule has 1 aromatic rings. The molecule has 0 saturated heterocycles. The van der Waals surface area contributed by atoms with Crippen LogP contribution in [0.5, 0.6) is 11.5 Å². The van der Waals surface area contributed by atoms with E-state index in [9.17, 15) is 9.18 Å². The van der Waals surface area contributed by atoms with E-state index in [1.807, 2.05) is 0 Å². The highest BCUT2D eigenvalue weighted by molar-refractivity contribution is 5.60. The van der Waals surface area contributed by atoms with Crippen LogP contribution in [0.3, 0.4) is 0 Å². The first-order chi connectivity index (χ1) is 9.52. The molecule has 0 heterocycles. The molecule has 2 rings (SSSR count). The van der Waals surface area contributed by atoms with Crippen LogP contribution in [0, 0.1) is 19.7 Å².